The molecule has 1 aliphatic carbocycles. The largest absolute Gasteiger partial charge is 0.375 e. The van der Waals surface area contributed by atoms with Gasteiger partial charge >= 0.3 is 0 Å². The molecule has 1 saturated carbocycles. The molecule has 0 radical (unpaired) electrons. The fourth-order valence-electron chi connectivity index (χ4n) is 3.69. The van der Waals surface area contributed by atoms with Crippen molar-refractivity contribution < 1.29 is 14.3 Å². The predicted octanol–water partition coefficient (Wildman–Crippen LogP) is 0.504. The van der Waals surface area contributed by atoms with E-state index >= 15 is 0 Å². The van der Waals surface area contributed by atoms with Crippen molar-refractivity contribution in [3.63, 3.8) is 0 Å². The number of likely N-dealkylation sites (N-methyl/N-ethyl adjacent to an activating group) is 1. The van der Waals surface area contributed by atoms with Crippen LogP contribution in [0.1, 0.15) is 18.4 Å². The highest BCUT2D eigenvalue weighted by molar-refractivity contribution is 5.76. The Balaban J connectivity index is 1.50. The zero-order valence-electron chi connectivity index (χ0n) is 14.9. The number of hydrogen-bond acceptors (Lipinski definition) is 5. The Labute approximate surface area is 143 Å². The number of fused-ring (bicyclic) bond motifs is 1. The first-order valence-electron chi connectivity index (χ1n) is 8.64. The second kappa shape index (κ2) is 7.63. The van der Waals surface area contributed by atoms with Gasteiger partial charge in [0, 0.05) is 52.0 Å². The average Bonchev–Trinajstić information content (AvgIpc) is 3.13. The maximum atomic E-state index is 11.6. The molecule has 0 bridgehead atoms. The minimum atomic E-state index is 0.0138. The van der Waals surface area contributed by atoms with Crippen LogP contribution in [0.25, 0.3) is 0 Å². The fourth-order valence-corrected chi connectivity index (χ4v) is 3.69. The number of ether oxygens (including phenoxy) is 2. The van der Waals surface area contributed by atoms with Gasteiger partial charge in [-0.05, 0) is 18.8 Å². The molecule has 1 aromatic heterocycles. The number of hydrogen-bond donors (Lipinski definition) is 0. The molecule has 3 rings (SSSR count). The Hall–Kier alpha value is -1.44. The molecule has 3 atom stereocenters. The lowest BCUT2D eigenvalue weighted by atomic mass is 10.1. The number of aromatic nitrogens is 2. The highest BCUT2D eigenvalue weighted by atomic mass is 16.5. The Morgan fingerprint density at radius 1 is 1.46 bits per heavy atom. The number of amides is 1. The summed E-state index contributed by atoms with van der Waals surface area (Å²) in [6.07, 6.45) is 6.39. The van der Waals surface area contributed by atoms with Crippen LogP contribution in [0.5, 0.6) is 0 Å². The van der Waals surface area contributed by atoms with Crippen molar-refractivity contribution in [3.8, 4) is 0 Å². The summed E-state index contributed by atoms with van der Waals surface area (Å²) in [5, 5.41) is 4.26. The molecule has 0 unspecified atom stereocenters. The lowest BCUT2D eigenvalue weighted by molar-refractivity contribution is -0.134. The third kappa shape index (κ3) is 4.15. The molecule has 2 fully saturated rings. The van der Waals surface area contributed by atoms with E-state index in [4.69, 9.17) is 9.47 Å². The van der Waals surface area contributed by atoms with Gasteiger partial charge in [-0.3, -0.25) is 14.4 Å². The van der Waals surface area contributed by atoms with Crippen molar-refractivity contribution in [1.29, 1.82) is 0 Å². The SMILES string of the molecule is CN(C)C(=O)COC[C@@H]1C[C@H]2OCCN(Cc3cnn(C)c3)[C@H]2C1. The first kappa shape index (κ1) is 17.4. The van der Waals surface area contributed by atoms with E-state index < -0.39 is 0 Å². The molecule has 7 nitrogen and oxygen atoms in total. The van der Waals surface area contributed by atoms with Gasteiger partial charge < -0.3 is 14.4 Å². The average molecular weight is 336 g/mol. The molecular weight excluding hydrogens is 308 g/mol. The molecular formula is C17H28N4O3. The summed E-state index contributed by atoms with van der Waals surface area (Å²) >= 11 is 0. The van der Waals surface area contributed by atoms with E-state index in [1.807, 2.05) is 17.9 Å². The molecule has 7 heteroatoms. The Bertz CT molecular complexity index is 560. The van der Waals surface area contributed by atoms with Gasteiger partial charge in [0.1, 0.15) is 6.61 Å². The standard InChI is InChI=1S/C17H28N4O3/c1-19(2)17(22)12-23-11-13-6-15-16(7-13)24-5-4-21(15)10-14-8-18-20(3)9-14/h8-9,13,15-16H,4-7,10-12H2,1-3H3/t13-,15-,16+/m0/s1. The molecule has 0 spiro atoms. The van der Waals surface area contributed by atoms with Gasteiger partial charge in [0.25, 0.3) is 0 Å². The molecule has 1 saturated heterocycles. The summed E-state index contributed by atoms with van der Waals surface area (Å²) in [6, 6.07) is 0.442. The van der Waals surface area contributed by atoms with Gasteiger partial charge in [-0.2, -0.15) is 5.10 Å². The normalized spacial score (nSPS) is 27.2. The van der Waals surface area contributed by atoms with Crippen molar-refractivity contribution >= 4 is 5.91 Å². The van der Waals surface area contributed by atoms with Gasteiger partial charge in [-0.15, -0.1) is 0 Å². The summed E-state index contributed by atoms with van der Waals surface area (Å²) in [5.41, 5.74) is 1.24. The maximum Gasteiger partial charge on any atom is 0.248 e. The third-order valence-electron chi connectivity index (χ3n) is 4.97. The van der Waals surface area contributed by atoms with E-state index in [2.05, 4.69) is 16.2 Å². The molecule has 0 aromatic carbocycles. The molecule has 0 N–H and O–H groups in total. The Morgan fingerprint density at radius 2 is 2.29 bits per heavy atom. The highest BCUT2D eigenvalue weighted by Gasteiger charge is 2.41. The van der Waals surface area contributed by atoms with Gasteiger partial charge in [-0.25, -0.2) is 0 Å². The molecule has 2 heterocycles. The lowest BCUT2D eigenvalue weighted by Gasteiger charge is -2.37. The Kier molecular flexibility index (Phi) is 5.53. The van der Waals surface area contributed by atoms with Crippen LogP contribution in [-0.2, 0) is 27.9 Å². The van der Waals surface area contributed by atoms with Crippen LogP contribution in [0.3, 0.4) is 0 Å². The molecule has 2 aliphatic rings. The number of rotatable bonds is 6. The first-order valence-corrected chi connectivity index (χ1v) is 8.64. The Morgan fingerprint density at radius 3 is 3.00 bits per heavy atom. The number of morpholine rings is 1. The van der Waals surface area contributed by atoms with Crippen molar-refractivity contribution in [1.82, 2.24) is 19.6 Å². The molecule has 1 aromatic rings. The van der Waals surface area contributed by atoms with E-state index in [-0.39, 0.29) is 18.6 Å². The lowest BCUT2D eigenvalue weighted by Crippen LogP contribution is -2.47. The summed E-state index contributed by atoms with van der Waals surface area (Å²) < 4.78 is 13.5. The summed E-state index contributed by atoms with van der Waals surface area (Å²) in [6.45, 7) is 3.47. The van der Waals surface area contributed by atoms with Gasteiger partial charge in [0.2, 0.25) is 5.91 Å². The van der Waals surface area contributed by atoms with E-state index in [0.717, 1.165) is 32.5 Å². The third-order valence-corrected chi connectivity index (χ3v) is 4.97. The van der Waals surface area contributed by atoms with E-state index in [0.29, 0.717) is 18.6 Å². The van der Waals surface area contributed by atoms with Gasteiger partial charge in [0.05, 0.1) is 25.5 Å². The van der Waals surface area contributed by atoms with Crippen molar-refractivity contribution in [3.05, 3.63) is 18.0 Å². The zero-order valence-corrected chi connectivity index (χ0v) is 14.9. The fraction of sp³-hybridized carbons (Fsp3) is 0.765. The van der Waals surface area contributed by atoms with E-state index in [1.165, 1.54) is 5.56 Å². The quantitative estimate of drug-likeness (QED) is 0.757. The van der Waals surface area contributed by atoms with E-state index in [9.17, 15) is 4.79 Å². The van der Waals surface area contributed by atoms with Crippen LogP contribution in [0.4, 0.5) is 0 Å². The molecule has 24 heavy (non-hydrogen) atoms. The summed E-state index contributed by atoms with van der Waals surface area (Å²) in [4.78, 5) is 15.7. The number of carbonyl (C=O) groups is 1. The second-order valence-corrected chi connectivity index (χ2v) is 7.11. The monoisotopic (exact) mass is 336 g/mol. The zero-order chi connectivity index (χ0) is 17.1. The van der Waals surface area contributed by atoms with Crippen molar-refractivity contribution in [2.24, 2.45) is 13.0 Å². The van der Waals surface area contributed by atoms with Crippen LogP contribution in [0.15, 0.2) is 12.4 Å². The smallest absolute Gasteiger partial charge is 0.248 e. The second-order valence-electron chi connectivity index (χ2n) is 7.11. The van der Waals surface area contributed by atoms with E-state index in [1.54, 1.807) is 19.0 Å². The predicted molar refractivity (Wildman–Crippen MR) is 89.4 cm³/mol. The molecule has 134 valence electrons. The minimum absolute atomic E-state index is 0.0138. The van der Waals surface area contributed by atoms with Crippen LogP contribution in [-0.4, -0.2) is 78.1 Å². The van der Waals surface area contributed by atoms with Crippen LogP contribution >= 0.6 is 0 Å². The van der Waals surface area contributed by atoms with Gasteiger partial charge in [0.15, 0.2) is 0 Å². The summed E-state index contributed by atoms with van der Waals surface area (Å²) in [5.74, 6) is 0.476. The molecule has 1 aliphatic heterocycles. The number of carbonyl (C=O) groups excluding carboxylic acids is 1. The van der Waals surface area contributed by atoms with Crippen molar-refractivity contribution in [2.45, 2.75) is 31.5 Å². The summed E-state index contributed by atoms with van der Waals surface area (Å²) in [7, 11) is 5.45. The van der Waals surface area contributed by atoms with Gasteiger partial charge in [-0.1, -0.05) is 0 Å². The van der Waals surface area contributed by atoms with Crippen LogP contribution < -0.4 is 0 Å². The first-order chi connectivity index (χ1) is 11.5. The van der Waals surface area contributed by atoms with Crippen LogP contribution in [0.2, 0.25) is 0 Å². The number of nitrogens with zero attached hydrogens (tertiary/aromatic N) is 4. The van der Waals surface area contributed by atoms with Crippen molar-refractivity contribution in [2.75, 3.05) is 40.5 Å². The topological polar surface area (TPSA) is 59.8 Å². The van der Waals surface area contributed by atoms with Crippen LogP contribution in [0, 0.1) is 5.92 Å². The maximum absolute atomic E-state index is 11.6. The minimum Gasteiger partial charge on any atom is -0.375 e. The highest BCUT2D eigenvalue weighted by Crippen LogP contribution is 2.35. The molecule has 1 amide bonds. The number of aryl methyl sites for hydroxylation is 1.